The Morgan fingerprint density at radius 3 is 2.27 bits per heavy atom. The van der Waals surface area contributed by atoms with Crippen LogP contribution in [0.25, 0.3) is 0 Å². The first kappa shape index (κ1) is 27.9. The molecular formula is C31H48N2O4. The van der Waals surface area contributed by atoms with Crippen molar-refractivity contribution >= 4 is 17.9 Å². The van der Waals surface area contributed by atoms with E-state index in [9.17, 15) is 14.4 Å². The molecule has 0 aliphatic heterocycles. The SMILES string of the molecule is COC(=O)C1=CC2=CC[C@H]3[C@@H]4CC[C@H](C(=O)N(C(=O)NC(C)(C)C)C(C)(C)C)[C@@]4(C)CC[C@@H]3[C@@]2(C)CC1. The van der Waals surface area contributed by atoms with Crippen LogP contribution in [0, 0.1) is 34.5 Å². The van der Waals surface area contributed by atoms with Crippen LogP contribution in [0.2, 0.25) is 0 Å². The Morgan fingerprint density at radius 1 is 1.00 bits per heavy atom. The average Bonchev–Trinajstić information content (AvgIpc) is 3.13. The second-order valence-corrected chi connectivity index (χ2v) is 14.5. The minimum absolute atomic E-state index is 0.0146. The summed E-state index contributed by atoms with van der Waals surface area (Å²) in [6.45, 7) is 16.4. The van der Waals surface area contributed by atoms with E-state index in [0.29, 0.717) is 17.8 Å². The van der Waals surface area contributed by atoms with Gasteiger partial charge in [0.05, 0.1) is 7.11 Å². The largest absolute Gasteiger partial charge is 0.466 e. The maximum absolute atomic E-state index is 14.2. The van der Waals surface area contributed by atoms with Crippen LogP contribution in [0.3, 0.4) is 0 Å². The third-order valence-corrected chi connectivity index (χ3v) is 10.1. The number of carbonyl (C=O) groups is 3. The van der Waals surface area contributed by atoms with Crippen LogP contribution in [0.5, 0.6) is 0 Å². The second-order valence-electron chi connectivity index (χ2n) is 14.5. The van der Waals surface area contributed by atoms with Crippen LogP contribution in [0.1, 0.15) is 100 Å². The molecular weight excluding hydrogens is 464 g/mol. The molecule has 0 aromatic heterocycles. The Hall–Kier alpha value is -2.11. The number of rotatable bonds is 2. The third kappa shape index (κ3) is 4.78. The summed E-state index contributed by atoms with van der Waals surface area (Å²) in [5.74, 6) is 1.19. The molecule has 0 bridgehead atoms. The summed E-state index contributed by atoms with van der Waals surface area (Å²) in [7, 11) is 1.45. The van der Waals surface area contributed by atoms with Crippen molar-refractivity contribution in [3.05, 3.63) is 23.3 Å². The minimum atomic E-state index is -0.597. The van der Waals surface area contributed by atoms with Crippen LogP contribution in [0.15, 0.2) is 23.3 Å². The van der Waals surface area contributed by atoms with Gasteiger partial charge in [-0.05, 0) is 127 Å². The summed E-state index contributed by atoms with van der Waals surface area (Å²) < 4.78 is 5.00. The van der Waals surface area contributed by atoms with Crippen molar-refractivity contribution in [2.24, 2.45) is 34.5 Å². The zero-order chi connectivity index (χ0) is 27.6. The Bertz CT molecular complexity index is 1030. The van der Waals surface area contributed by atoms with Gasteiger partial charge in [-0.15, -0.1) is 0 Å². The summed E-state index contributed by atoms with van der Waals surface area (Å²) in [4.78, 5) is 41.2. The first-order valence-corrected chi connectivity index (χ1v) is 14.2. The zero-order valence-electron chi connectivity index (χ0n) is 24.5. The summed E-state index contributed by atoms with van der Waals surface area (Å²) in [5.41, 5.74) is 1.03. The van der Waals surface area contributed by atoms with E-state index >= 15 is 0 Å². The van der Waals surface area contributed by atoms with E-state index in [1.54, 1.807) is 0 Å². The Kier molecular flexibility index (Phi) is 6.99. The van der Waals surface area contributed by atoms with Crippen LogP contribution in [0.4, 0.5) is 4.79 Å². The molecule has 0 spiro atoms. The van der Waals surface area contributed by atoms with Crippen molar-refractivity contribution in [3.63, 3.8) is 0 Å². The first-order valence-electron chi connectivity index (χ1n) is 14.2. The quantitative estimate of drug-likeness (QED) is 0.434. The Balaban J connectivity index is 1.60. The van der Waals surface area contributed by atoms with Gasteiger partial charge in [0.15, 0.2) is 0 Å². The molecule has 1 N–H and O–H groups in total. The molecule has 0 unspecified atom stereocenters. The number of hydrogen-bond acceptors (Lipinski definition) is 4. The zero-order valence-corrected chi connectivity index (χ0v) is 24.5. The van der Waals surface area contributed by atoms with Gasteiger partial charge in [-0.25, -0.2) is 9.59 Å². The Labute approximate surface area is 223 Å². The van der Waals surface area contributed by atoms with Gasteiger partial charge in [0.1, 0.15) is 0 Å². The summed E-state index contributed by atoms with van der Waals surface area (Å²) in [6, 6.07) is -0.293. The average molecular weight is 513 g/mol. The number of hydrogen-bond donors (Lipinski definition) is 1. The molecule has 6 nitrogen and oxygen atoms in total. The highest BCUT2D eigenvalue weighted by Gasteiger charge is 2.60. The van der Waals surface area contributed by atoms with Gasteiger partial charge in [0.25, 0.3) is 0 Å². The number of allylic oxidation sites excluding steroid dienone is 3. The topological polar surface area (TPSA) is 75.7 Å². The van der Waals surface area contributed by atoms with E-state index in [2.05, 4.69) is 31.3 Å². The van der Waals surface area contributed by atoms with Crippen LogP contribution >= 0.6 is 0 Å². The third-order valence-electron chi connectivity index (χ3n) is 10.1. The fourth-order valence-corrected chi connectivity index (χ4v) is 8.29. The second kappa shape index (κ2) is 9.27. The minimum Gasteiger partial charge on any atom is -0.466 e. The molecule has 4 rings (SSSR count). The molecule has 4 aliphatic rings. The highest BCUT2D eigenvalue weighted by atomic mass is 16.5. The molecule has 2 fully saturated rings. The number of amides is 3. The highest BCUT2D eigenvalue weighted by molar-refractivity contribution is 5.97. The van der Waals surface area contributed by atoms with E-state index in [1.165, 1.54) is 17.6 Å². The van der Waals surface area contributed by atoms with Gasteiger partial charge >= 0.3 is 12.0 Å². The van der Waals surface area contributed by atoms with Gasteiger partial charge < -0.3 is 10.1 Å². The van der Waals surface area contributed by atoms with Crippen molar-refractivity contribution in [3.8, 4) is 0 Å². The van der Waals surface area contributed by atoms with Crippen LogP contribution in [-0.4, -0.2) is 41.0 Å². The lowest BCUT2D eigenvalue weighted by atomic mass is 9.48. The molecule has 6 heteroatoms. The lowest BCUT2D eigenvalue weighted by molar-refractivity contribution is -0.143. The first-order chi connectivity index (χ1) is 17.0. The molecule has 0 heterocycles. The lowest BCUT2D eigenvalue weighted by Crippen LogP contribution is -2.60. The fraction of sp³-hybridized carbons (Fsp3) is 0.774. The summed E-state index contributed by atoms with van der Waals surface area (Å²) in [6.07, 6.45) is 11.2. The highest BCUT2D eigenvalue weighted by Crippen LogP contribution is 2.66. The number of urea groups is 1. The molecule has 3 amide bonds. The maximum atomic E-state index is 14.2. The van der Waals surface area contributed by atoms with Crippen molar-refractivity contribution < 1.29 is 19.1 Å². The van der Waals surface area contributed by atoms with Crippen molar-refractivity contribution in [1.82, 2.24) is 10.2 Å². The molecule has 6 atom stereocenters. The number of methoxy groups -OCH3 is 1. The van der Waals surface area contributed by atoms with E-state index in [0.717, 1.165) is 50.5 Å². The smallest absolute Gasteiger partial charge is 0.333 e. The fourth-order valence-electron chi connectivity index (χ4n) is 8.29. The van der Waals surface area contributed by atoms with Crippen molar-refractivity contribution in [2.75, 3.05) is 7.11 Å². The number of ether oxygens (including phenoxy) is 1. The predicted molar refractivity (Wildman–Crippen MR) is 146 cm³/mol. The van der Waals surface area contributed by atoms with Crippen molar-refractivity contribution in [1.29, 1.82) is 0 Å². The van der Waals surface area contributed by atoms with E-state index in [4.69, 9.17) is 4.74 Å². The van der Waals surface area contributed by atoms with E-state index in [-0.39, 0.29) is 34.7 Å². The number of fused-ring (bicyclic) bond motifs is 5. The standard InChI is InChI=1S/C31H48N2O4/c1-28(2,3)32-27(36)33(29(4,5)6)25(34)24-13-12-22-21-11-10-20-18-19(26(35)37-9)14-16-30(20,7)23(21)15-17-31(22,24)8/h10,18,21-24H,11-17H2,1-9H3,(H,32,36)/t21-,22-,23-,24+,30-,31-/m0/s1. The lowest BCUT2D eigenvalue weighted by Gasteiger charge is -2.57. The molecule has 0 aromatic rings. The van der Waals surface area contributed by atoms with Crippen LogP contribution in [-0.2, 0) is 14.3 Å². The van der Waals surface area contributed by atoms with Gasteiger partial charge in [-0.3, -0.25) is 9.69 Å². The van der Waals surface area contributed by atoms with Crippen molar-refractivity contribution in [2.45, 2.75) is 111 Å². The molecule has 2 saturated carbocycles. The molecule has 206 valence electrons. The monoisotopic (exact) mass is 512 g/mol. The predicted octanol–water partition coefficient (Wildman–Crippen LogP) is 6.41. The normalized spacial score (nSPS) is 35.3. The maximum Gasteiger partial charge on any atom is 0.333 e. The molecule has 0 aromatic carbocycles. The van der Waals surface area contributed by atoms with E-state index in [1.807, 2.05) is 41.5 Å². The molecule has 4 aliphatic carbocycles. The summed E-state index contributed by atoms with van der Waals surface area (Å²) in [5, 5.41) is 3.03. The van der Waals surface area contributed by atoms with Crippen LogP contribution < -0.4 is 5.32 Å². The van der Waals surface area contributed by atoms with Gasteiger partial charge in [0.2, 0.25) is 5.91 Å². The van der Waals surface area contributed by atoms with Gasteiger partial charge in [-0.1, -0.05) is 19.9 Å². The van der Waals surface area contributed by atoms with E-state index < -0.39 is 11.1 Å². The number of nitrogens with one attached hydrogen (secondary N) is 1. The molecule has 0 radical (unpaired) electrons. The number of carbonyl (C=O) groups excluding carboxylic acids is 3. The molecule has 37 heavy (non-hydrogen) atoms. The van der Waals surface area contributed by atoms with Gasteiger partial charge in [-0.2, -0.15) is 0 Å². The molecule has 0 saturated heterocycles. The summed E-state index contributed by atoms with van der Waals surface area (Å²) >= 11 is 0. The Morgan fingerprint density at radius 2 is 1.68 bits per heavy atom. The number of imide groups is 1. The number of nitrogens with zero attached hydrogens (tertiary/aromatic N) is 1. The number of esters is 1. The van der Waals surface area contributed by atoms with Gasteiger partial charge in [0, 0.05) is 22.6 Å².